The summed E-state index contributed by atoms with van der Waals surface area (Å²) in [6, 6.07) is -1.01. The molecule has 12 N–H and O–H groups in total. The number of allylic oxidation sites excluding steroid dienone is 19. The van der Waals surface area contributed by atoms with Crippen LogP contribution < -0.4 is 5.32 Å². The third-order valence-corrected chi connectivity index (χ3v) is 15.5. The molecular formula is C69H113NO18. The molecule has 0 aromatic rings. The van der Waals surface area contributed by atoms with Gasteiger partial charge in [-0.3, -0.25) is 4.79 Å². The molecule has 3 fully saturated rings. The molecule has 3 heterocycles. The van der Waals surface area contributed by atoms with E-state index in [1.807, 2.05) is 12.2 Å². The first-order valence-electron chi connectivity index (χ1n) is 32.8. The van der Waals surface area contributed by atoms with E-state index in [0.717, 1.165) is 83.5 Å². The fraction of sp³-hybridized carbons (Fsp3) is 0.696. The van der Waals surface area contributed by atoms with E-state index in [9.17, 15) is 61.0 Å². The number of hydrogen-bond donors (Lipinski definition) is 12. The molecule has 0 bridgehead atoms. The lowest BCUT2D eigenvalue weighted by Crippen LogP contribution is -2.66. The normalized spacial score (nSPS) is 29.2. The second-order valence-corrected chi connectivity index (χ2v) is 22.8. The van der Waals surface area contributed by atoms with Gasteiger partial charge < -0.3 is 89.9 Å². The lowest BCUT2D eigenvalue weighted by atomic mass is 9.96. The maximum absolute atomic E-state index is 13.3. The smallest absolute Gasteiger partial charge is 0.220 e. The van der Waals surface area contributed by atoms with Crippen LogP contribution in [0.3, 0.4) is 0 Å². The van der Waals surface area contributed by atoms with Gasteiger partial charge in [-0.15, -0.1) is 0 Å². The number of carbonyl (C=O) groups excluding carboxylic acids is 1. The van der Waals surface area contributed by atoms with Gasteiger partial charge in [-0.25, -0.2) is 0 Å². The summed E-state index contributed by atoms with van der Waals surface area (Å²) in [7, 11) is 0. The second kappa shape index (κ2) is 49.8. The van der Waals surface area contributed by atoms with E-state index in [-0.39, 0.29) is 18.9 Å². The highest BCUT2D eigenvalue weighted by atomic mass is 16.8. The van der Waals surface area contributed by atoms with Crippen molar-refractivity contribution in [1.82, 2.24) is 5.32 Å². The van der Waals surface area contributed by atoms with Gasteiger partial charge in [-0.1, -0.05) is 206 Å². The molecule has 0 saturated carbocycles. The Hall–Kier alpha value is -3.81. The van der Waals surface area contributed by atoms with Crippen LogP contribution in [0.5, 0.6) is 0 Å². The van der Waals surface area contributed by atoms with Crippen LogP contribution >= 0.6 is 0 Å². The number of rotatable bonds is 47. The van der Waals surface area contributed by atoms with Gasteiger partial charge in [0.25, 0.3) is 0 Å². The SMILES string of the molecule is CC/C=C\C/C=C\C/C=C\C/C=C\C/C=C\C/C=C\C/C=C\C/C=C\C/C=C\CCCC(=O)NC(COC1OC(CO)C(OC2OC(CO)C(OC3OC(CO)C(O)C(O)C3O)C(O)C2O)C(O)C1O)C(O)/C=C/CCCCCCCCCCCCCC. The number of nitrogens with one attached hydrogen (secondary N) is 1. The van der Waals surface area contributed by atoms with Crippen LogP contribution in [0.4, 0.5) is 0 Å². The van der Waals surface area contributed by atoms with Gasteiger partial charge in [-0.05, 0) is 83.5 Å². The van der Waals surface area contributed by atoms with Crippen LogP contribution in [0.1, 0.15) is 174 Å². The zero-order valence-corrected chi connectivity index (χ0v) is 52.6. The Balaban J connectivity index is 1.47. The summed E-state index contributed by atoms with van der Waals surface area (Å²) in [6.07, 6.45) is 40.4. The molecule has 17 atom stereocenters. The van der Waals surface area contributed by atoms with Crippen LogP contribution in [0.2, 0.25) is 0 Å². The Labute approximate surface area is 525 Å². The standard InChI is InChI=1S/C69H113NO18/c1-3-5-7-9-11-13-15-17-19-20-21-22-23-24-25-26-27-28-29-30-31-32-33-35-37-39-41-43-45-47-57(75)70-52(53(74)46-44-42-40-38-36-34-18-16-14-12-10-8-6-4-2)51-83-67-63(81)60(78)65(55(49-72)85-67)88-69-64(82)61(79)66(56(50-73)86-69)87-68-62(80)59(77)58(76)54(48-71)84-68/h5,7,11,13,17,19,21-22,24-25,27-28,30-31,33,35,39,41,44,46,52-56,58-69,71-74,76-82H,3-4,6,8-10,12,14-16,18,20,23,26,29,32,34,36-38,40,42-43,45,47-51H2,1-2H3,(H,70,75)/b7-5-,13-11-,19-17-,22-21-,25-24-,28-27-,31-30-,35-33-,41-39-,46-44+. The third-order valence-electron chi connectivity index (χ3n) is 15.5. The molecule has 0 aromatic heterocycles. The summed E-state index contributed by atoms with van der Waals surface area (Å²) < 4.78 is 34.2. The van der Waals surface area contributed by atoms with Gasteiger partial charge in [0, 0.05) is 6.42 Å². The number of carbonyl (C=O) groups is 1. The first kappa shape index (κ1) is 78.4. The topological polar surface area (TPSA) is 307 Å². The lowest BCUT2D eigenvalue weighted by Gasteiger charge is -2.48. The second-order valence-electron chi connectivity index (χ2n) is 22.8. The highest BCUT2D eigenvalue weighted by molar-refractivity contribution is 5.76. The van der Waals surface area contributed by atoms with Crippen molar-refractivity contribution in [1.29, 1.82) is 0 Å². The maximum Gasteiger partial charge on any atom is 0.220 e. The third kappa shape index (κ3) is 32.0. The molecule has 0 aliphatic carbocycles. The van der Waals surface area contributed by atoms with E-state index in [2.05, 4.69) is 122 Å². The van der Waals surface area contributed by atoms with Gasteiger partial charge in [0.1, 0.15) is 73.2 Å². The van der Waals surface area contributed by atoms with Crippen molar-refractivity contribution >= 4 is 5.91 Å². The zero-order chi connectivity index (χ0) is 64.0. The molecule has 3 saturated heterocycles. The molecular weight excluding hydrogens is 1130 g/mol. The predicted molar refractivity (Wildman–Crippen MR) is 341 cm³/mol. The van der Waals surface area contributed by atoms with Gasteiger partial charge in [0.05, 0.1) is 38.6 Å². The van der Waals surface area contributed by atoms with Crippen molar-refractivity contribution in [2.75, 3.05) is 26.4 Å². The van der Waals surface area contributed by atoms with Crippen molar-refractivity contribution < 1.29 is 89.4 Å². The van der Waals surface area contributed by atoms with Crippen LogP contribution in [0.15, 0.2) is 122 Å². The first-order valence-corrected chi connectivity index (χ1v) is 32.8. The van der Waals surface area contributed by atoms with E-state index in [4.69, 9.17) is 28.4 Å². The number of aliphatic hydroxyl groups excluding tert-OH is 11. The van der Waals surface area contributed by atoms with Crippen molar-refractivity contribution in [3.8, 4) is 0 Å². The Morgan fingerprint density at radius 2 is 0.784 bits per heavy atom. The molecule has 3 aliphatic heterocycles. The first-order chi connectivity index (χ1) is 42.8. The van der Waals surface area contributed by atoms with Crippen LogP contribution in [-0.4, -0.2) is 193 Å². The monoisotopic (exact) mass is 1240 g/mol. The molecule has 0 spiro atoms. The molecule has 17 unspecified atom stereocenters. The summed E-state index contributed by atoms with van der Waals surface area (Å²) in [5.74, 6) is -0.340. The zero-order valence-electron chi connectivity index (χ0n) is 52.6. The Kier molecular flexibility index (Phi) is 44.4. The summed E-state index contributed by atoms with van der Waals surface area (Å²) in [4.78, 5) is 13.3. The molecule has 502 valence electrons. The molecule has 0 radical (unpaired) electrons. The predicted octanol–water partition coefficient (Wildman–Crippen LogP) is 7.65. The Morgan fingerprint density at radius 3 is 1.22 bits per heavy atom. The van der Waals surface area contributed by atoms with E-state index < -0.39 is 124 Å². The fourth-order valence-corrected chi connectivity index (χ4v) is 10.2. The number of hydrogen-bond acceptors (Lipinski definition) is 18. The van der Waals surface area contributed by atoms with Crippen molar-refractivity contribution in [3.63, 3.8) is 0 Å². The minimum Gasteiger partial charge on any atom is -0.394 e. The largest absolute Gasteiger partial charge is 0.394 e. The number of amides is 1. The van der Waals surface area contributed by atoms with Crippen molar-refractivity contribution in [3.05, 3.63) is 122 Å². The van der Waals surface area contributed by atoms with E-state index in [0.29, 0.717) is 12.8 Å². The van der Waals surface area contributed by atoms with Crippen LogP contribution in [-0.2, 0) is 33.2 Å². The fourth-order valence-electron chi connectivity index (χ4n) is 10.2. The van der Waals surface area contributed by atoms with Gasteiger partial charge in [0.15, 0.2) is 18.9 Å². The van der Waals surface area contributed by atoms with Crippen LogP contribution in [0, 0.1) is 0 Å². The molecule has 3 aliphatic rings. The summed E-state index contributed by atoms with van der Waals surface area (Å²) >= 11 is 0. The number of ether oxygens (including phenoxy) is 6. The molecule has 88 heavy (non-hydrogen) atoms. The highest BCUT2D eigenvalue weighted by Crippen LogP contribution is 2.33. The average Bonchev–Trinajstić information content (AvgIpc) is 2.57. The van der Waals surface area contributed by atoms with Gasteiger partial charge in [0.2, 0.25) is 5.91 Å². The summed E-state index contributed by atoms with van der Waals surface area (Å²) in [6.45, 7) is 1.54. The minimum absolute atomic E-state index is 0.155. The number of aliphatic hydroxyl groups is 11. The molecule has 19 heteroatoms. The maximum atomic E-state index is 13.3. The molecule has 0 aromatic carbocycles. The molecule has 1 amide bonds. The Morgan fingerprint density at radius 1 is 0.420 bits per heavy atom. The quantitative estimate of drug-likeness (QED) is 0.0206. The van der Waals surface area contributed by atoms with Crippen molar-refractivity contribution in [2.24, 2.45) is 0 Å². The highest BCUT2D eigenvalue weighted by Gasteiger charge is 2.53. The summed E-state index contributed by atoms with van der Waals surface area (Å²) in [5.41, 5.74) is 0. The van der Waals surface area contributed by atoms with Gasteiger partial charge >= 0.3 is 0 Å². The lowest BCUT2D eigenvalue weighted by molar-refractivity contribution is -0.379. The van der Waals surface area contributed by atoms with Crippen LogP contribution in [0.25, 0.3) is 0 Å². The minimum atomic E-state index is -1.99. The van der Waals surface area contributed by atoms with E-state index in [1.165, 1.54) is 57.8 Å². The van der Waals surface area contributed by atoms with E-state index in [1.54, 1.807) is 6.08 Å². The Bertz CT molecular complexity index is 2070. The molecule has 3 rings (SSSR count). The van der Waals surface area contributed by atoms with Gasteiger partial charge in [-0.2, -0.15) is 0 Å². The number of unbranched alkanes of at least 4 members (excludes halogenated alkanes) is 13. The molecule has 19 nitrogen and oxygen atoms in total. The van der Waals surface area contributed by atoms with E-state index >= 15 is 0 Å². The van der Waals surface area contributed by atoms with Crippen molar-refractivity contribution in [2.45, 2.75) is 279 Å². The summed E-state index contributed by atoms with van der Waals surface area (Å²) in [5, 5.41) is 120. The average molecular weight is 1240 g/mol.